The van der Waals surface area contributed by atoms with Crippen molar-refractivity contribution in [3.63, 3.8) is 0 Å². The number of benzene rings is 2. The Kier molecular flexibility index (Phi) is 5.61. The molecule has 0 spiro atoms. The van der Waals surface area contributed by atoms with Crippen molar-refractivity contribution < 1.29 is 23.6 Å². The average molecular weight is 352 g/mol. The number of esters is 1. The Morgan fingerprint density at radius 1 is 0.962 bits per heavy atom. The highest BCUT2D eigenvalue weighted by molar-refractivity contribution is 5.91. The summed E-state index contributed by atoms with van der Waals surface area (Å²) in [6, 6.07) is 18.5. The van der Waals surface area contributed by atoms with Crippen LogP contribution in [-0.2, 0) is 14.3 Å². The first-order valence-corrected chi connectivity index (χ1v) is 7.85. The Morgan fingerprint density at radius 3 is 2.50 bits per heavy atom. The topological polar surface area (TPSA) is 90.7 Å². The molecule has 1 N–H and O–H groups in total. The Hall–Kier alpha value is -3.61. The Morgan fingerprint density at radius 2 is 1.73 bits per heavy atom. The molecule has 0 saturated heterocycles. The molecule has 0 atom stereocenters. The molecule has 0 radical (unpaired) electrons. The van der Waals surface area contributed by atoms with Crippen LogP contribution < -0.4 is 10.1 Å². The van der Waals surface area contributed by atoms with Crippen molar-refractivity contribution in [2.24, 2.45) is 0 Å². The van der Waals surface area contributed by atoms with Gasteiger partial charge in [-0.25, -0.2) is 4.79 Å². The minimum Gasteiger partial charge on any atom is -0.481 e. The second-order valence-corrected chi connectivity index (χ2v) is 5.24. The van der Waals surface area contributed by atoms with Gasteiger partial charge >= 0.3 is 5.97 Å². The van der Waals surface area contributed by atoms with Gasteiger partial charge in [-0.15, -0.1) is 0 Å². The molecule has 26 heavy (non-hydrogen) atoms. The van der Waals surface area contributed by atoms with E-state index in [2.05, 4.69) is 15.0 Å². The molecule has 132 valence electrons. The monoisotopic (exact) mass is 352 g/mol. The number of carbonyl (C=O) groups is 2. The Bertz CT molecular complexity index is 863. The molecule has 0 bridgehead atoms. The first kappa shape index (κ1) is 17.2. The lowest BCUT2D eigenvalue weighted by molar-refractivity contribution is -0.149. The molecule has 0 aliphatic rings. The molecule has 0 fully saturated rings. The number of nitrogens with one attached hydrogen (secondary N) is 1. The maximum Gasteiger partial charge on any atom is 0.344 e. The van der Waals surface area contributed by atoms with E-state index in [1.54, 1.807) is 6.07 Å². The fourth-order valence-electron chi connectivity index (χ4n) is 2.23. The third-order valence-electron chi connectivity index (χ3n) is 3.39. The summed E-state index contributed by atoms with van der Waals surface area (Å²) in [5.74, 6) is -0.359. The van der Waals surface area contributed by atoms with Crippen molar-refractivity contribution in [3.8, 4) is 16.9 Å². The van der Waals surface area contributed by atoms with Gasteiger partial charge in [0.2, 0.25) is 0 Å². The van der Waals surface area contributed by atoms with Crippen molar-refractivity contribution in [1.29, 1.82) is 0 Å². The smallest absolute Gasteiger partial charge is 0.344 e. The highest BCUT2D eigenvalue weighted by Crippen LogP contribution is 2.29. The largest absolute Gasteiger partial charge is 0.481 e. The van der Waals surface area contributed by atoms with Crippen LogP contribution in [0.1, 0.15) is 0 Å². The molecule has 2 aromatic carbocycles. The molecule has 3 aromatic rings. The van der Waals surface area contributed by atoms with Gasteiger partial charge in [-0.2, -0.15) is 0 Å². The maximum absolute atomic E-state index is 11.8. The molecule has 7 nitrogen and oxygen atoms in total. The van der Waals surface area contributed by atoms with Gasteiger partial charge in [0.05, 0.1) is 0 Å². The van der Waals surface area contributed by atoms with Crippen LogP contribution in [0.4, 0.5) is 5.82 Å². The zero-order chi connectivity index (χ0) is 18.2. The van der Waals surface area contributed by atoms with Crippen molar-refractivity contribution in [2.45, 2.75) is 0 Å². The van der Waals surface area contributed by atoms with Crippen molar-refractivity contribution >= 4 is 17.7 Å². The van der Waals surface area contributed by atoms with E-state index in [-0.39, 0.29) is 12.4 Å². The standard InChI is InChI=1S/C19H16N2O5/c22-18(20-17-10-11-26-21-17)12-25-19(23)13-24-16-9-5-4-8-15(16)14-6-2-1-3-7-14/h1-11H,12-13H2,(H,20,21,22). The molecule has 7 heteroatoms. The number of para-hydroxylation sites is 1. The molecule has 0 aliphatic heterocycles. The van der Waals surface area contributed by atoms with E-state index >= 15 is 0 Å². The maximum atomic E-state index is 11.8. The van der Waals surface area contributed by atoms with Crippen LogP contribution in [0.25, 0.3) is 11.1 Å². The number of aromatic nitrogens is 1. The number of rotatable bonds is 7. The predicted molar refractivity (Wildman–Crippen MR) is 93.5 cm³/mol. The fraction of sp³-hybridized carbons (Fsp3) is 0.105. The molecule has 0 unspecified atom stereocenters. The highest BCUT2D eigenvalue weighted by atomic mass is 16.6. The normalized spacial score (nSPS) is 10.2. The van der Waals surface area contributed by atoms with Crippen molar-refractivity contribution in [3.05, 3.63) is 66.9 Å². The lowest BCUT2D eigenvalue weighted by atomic mass is 10.1. The third-order valence-corrected chi connectivity index (χ3v) is 3.39. The Balaban J connectivity index is 1.51. The molecule has 1 heterocycles. The number of hydrogen-bond donors (Lipinski definition) is 1. The third kappa shape index (κ3) is 4.70. The first-order valence-electron chi connectivity index (χ1n) is 7.85. The van der Waals surface area contributed by atoms with Gasteiger partial charge in [-0.3, -0.25) is 4.79 Å². The minimum absolute atomic E-state index is 0.249. The molecule has 1 amide bonds. The van der Waals surface area contributed by atoms with E-state index in [1.807, 2.05) is 48.5 Å². The van der Waals surface area contributed by atoms with Crippen LogP contribution in [0.2, 0.25) is 0 Å². The van der Waals surface area contributed by atoms with Crippen LogP contribution in [0.5, 0.6) is 5.75 Å². The van der Waals surface area contributed by atoms with E-state index in [4.69, 9.17) is 9.47 Å². The summed E-state index contributed by atoms with van der Waals surface area (Å²) in [5, 5.41) is 5.95. The van der Waals surface area contributed by atoms with E-state index in [0.717, 1.165) is 11.1 Å². The number of ether oxygens (including phenoxy) is 2. The van der Waals surface area contributed by atoms with Gasteiger partial charge in [-0.1, -0.05) is 53.7 Å². The minimum atomic E-state index is -0.650. The van der Waals surface area contributed by atoms with Crippen molar-refractivity contribution in [2.75, 3.05) is 18.5 Å². The lowest BCUT2D eigenvalue weighted by Gasteiger charge is -2.11. The van der Waals surface area contributed by atoms with Crippen LogP contribution in [0, 0.1) is 0 Å². The number of amides is 1. The lowest BCUT2D eigenvalue weighted by Crippen LogP contribution is -2.23. The van der Waals surface area contributed by atoms with Crippen LogP contribution >= 0.6 is 0 Å². The van der Waals surface area contributed by atoms with Crippen LogP contribution in [-0.4, -0.2) is 30.2 Å². The van der Waals surface area contributed by atoms with Crippen molar-refractivity contribution in [1.82, 2.24) is 5.16 Å². The molecule has 1 aromatic heterocycles. The van der Waals surface area contributed by atoms with E-state index in [0.29, 0.717) is 5.75 Å². The molecular formula is C19H16N2O5. The second kappa shape index (κ2) is 8.48. The number of carbonyl (C=O) groups excluding carboxylic acids is 2. The quantitative estimate of drug-likeness (QED) is 0.658. The second-order valence-electron chi connectivity index (χ2n) is 5.24. The fourth-order valence-corrected chi connectivity index (χ4v) is 2.23. The van der Waals surface area contributed by atoms with Crippen LogP contribution in [0.15, 0.2) is 71.4 Å². The summed E-state index contributed by atoms with van der Waals surface area (Å²) in [5.41, 5.74) is 1.84. The zero-order valence-electron chi connectivity index (χ0n) is 13.8. The summed E-state index contributed by atoms with van der Waals surface area (Å²) in [4.78, 5) is 23.4. The summed E-state index contributed by atoms with van der Waals surface area (Å²) in [6.45, 7) is -0.740. The highest BCUT2D eigenvalue weighted by Gasteiger charge is 2.11. The SMILES string of the molecule is O=C(COC(=O)COc1ccccc1-c1ccccc1)Nc1ccon1. The summed E-state index contributed by atoms with van der Waals surface area (Å²) >= 11 is 0. The van der Waals surface area contributed by atoms with Gasteiger partial charge in [0.25, 0.3) is 5.91 Å². The average Bonchev–Trinajstić information content (AvgIpc) is 3.18. The van der Waals surface area contributed by atoms with Gasteiger partial charge in [0, 0.05) is 11.6 Å². The Labute approximate surface area is 149 Å². The number of anilines is 1. The van der Waals surface area contributed by atoms with Gasteiger partial charge in [-0.05, 0) is 11.6 Å². The zero-order valence-corrected chi connectivity index (χ0v) is 13.8. The predicted octanol–water partition coefficient (Wildman–Crippen LogP) is 2.90. The number of nitrogens with zero attached hydrogens (tertiary/aromatic N) is 1. The van der Waals surface area contributed by atoms with Gasteiger partial charge < -0.3 is 19.3 Å². The van der Waals surface area contributed by atoms with E-state index in [1.165, 1.54) is 12.3 Å². The first-order chi connectivity index (χ1) is 12.7. The molecule has 0 saturated carbocycles. The van der Waals surface area contributed by atoms with E-state index < -0.39 is 18.5 Å². The van der Waals surface area contributed by atoms with Gasteiger partial charge in [0.15, 0.2) is 19.0 Å². The van der Waals surface area contributed by atoms with Crippen LogP contribution in [0.3, 0.4) is 0 Å². The molecule has 0 aliphatic carbocycles. The molecular weight excluding hydrogens is 336 g/mol. The summed E-state index contributed by atoms with van der Waals surface area (Å²) in [7, 11) is 0. The summed E-state index contributed by atoms with van der Waals surface area (Å²) < 4.78 is 15.0. The van der Waals surface area contributed by atoms with Gasteiger partial charge in [0.1, 0.15) is 12.0 Å². The number of hydrogen-bond acceptors (Lipinski definition) is 6. The van der Waals surface area contributed by atoms with E-state index in [9.17, 15) is 9.59 Å². The summed E-state index contributed by atoms with van der Waals surface area (Å²) in [6.07, 6.45) is 1.32. The molecule has 3 rings (SSSR count).